The number of allylic oxidation sites excluding steroid dienone is 4. The molecule has 2 aromatic heterocycles. The number of nitrogens with one attached hydrogen (secondary N) is 2. The van der Waals surface area contributed by atoms with Crippen molar-refractivity contribution in [2.45, 2.75) is 50.7 Å². The van der Waals surface area contributed by atoms with Crippen molar-refractivity contribution < 1.29 is 4.74 Å². The average Bonchev–Trinajstić information content (AvgIpc) is 3.34. The van der Waals surface area contributed by atoms with Crippen molar-refractivity contribution in [2.24, 2.45) is 17.8 Å². The maximum atomic E-state index is 6.27. The summed E-state index contributed by atoms with van der Waals surface area (Å²) >= 11 is 0. The van der Waals surface area contributed by atoms with Gasteiger partial charge in [0.25, 0.3) is 0 Å². The number of anilines is 1. The van der Waals surface area contributed by atoms with Crippen molar-refractivity contribution in [1.82, 2.24) is 20.2 Å². The van der Waals surface area contributed by atoms with Crippen molar-refractivity contribution >= 4 is 16.9 Å². The van der Waals surface area contributed by atoms with E-state index >= 15 is 0 Å². The molecule has 0 saturated heterocycles. The smallest absolute Gasteiger partial charge is 0.160 e. The second-order valence-corrected chi connectivity index (χ2v) is 8.18. The molecule has 0 bridgehead atoms. The molecule has 3 aliphatic carbocycles. The molecule has 0 spiro atoms. The quantitative estimate of drug-likeness (QED) is 0.813. The van der Waals surface area contributed by atoms with Crippen molar-refractivity contribution in [1.29, 1.82) is 0 Å². The Balaban J connectivity index is 1.06. The van der Waals surface area contributed by atoms with E-state index < -0.39 is 0 Å². The molecule has 3 aliphatic rings. The Bertz CT molecular complexity index is 836. The molecule has 0 aliphatic heterocycles. The van der Waals surface area contributed by atoms with Gasteiger partial charge in [0.1, 0.15) is 12.1 Å². The fourth-order valence-corrected chi connectivity index (χ4v) is 4.61. The number of ether oxygens (including phenoxy) is 1. The van der Waals surface area contributed by atoms with E-state index in [-0.39, 0.29) is 0 Å². The highest BCUT2D eigenvalue weighted by Crippen LogP contribution is 2.47. The van der Waals surface area contributed by atoms with Crippen LogP contribution in [0.15, 0.2) is 36.8 Å². The van der Waals surface area contributed by atoms with E-state index in [1.165, 1.54) is 12.8 Å². The van der Waals surface area contributed by atoms with Gasteiger partial charge in [-0.3, -0.25) is 5.10 Å². The molecule has 2 fully saturated rings. The molecule has 2 heterocycles. The van der Waals surface area contributed by atoms with Crippen LogP contribution >= 0.6 is 0 Å². The summed E-state index contributed by atoms with van der Waals surface area (Å²) in [6.45, 7) is 0.947. The normalized spacial score (nSPS) is 32.7. The first-order valence-corrected chi connectivity index (χ1v) is 10.2. The number of fused-ring (bicyclic) bond motifs is 1. The molecule has 3 atom stereocenters. The molecule has 2 aromatic rings. The highest BCUT2D eigenvalue weighted by Gasteiger charge is 2.42. The molecule has 0 amide bonds. The lowest BCUT2D eigenvalue weighted by molar-refractivity contribution is 0.0176. The minimum atomic E-state index is 0.422. The molecule has 0 aromatic carbocycles. The Hall–Kier alpha value is -2.21. The Morgan fingerprint density at radius 1 is 1.15 bits per heavy atom. The van der Waals surface area contributed by atoms with Crippen LogP contribution in [0.2, 0.25) is 0 Å². The maximum absolute atomic E-state index is 6.27. The average molecular weight is 365 g/mol. The lowest BCUT2D eigenvalue weighted by Crippen LogP contribution is -2.30. The summed E-state index contributed by atoms with van der Waals surface area (Å²) in [6.07, 6.45) is 19.9. The third-order valence-corrected chi connectivity index (χ3v) is 6.35. The summed E-state index contributed by atoms with van der Waals surface area (Å²) in [5.74, 6) is 3.25. The molecule has 2 saturated carbocycles. The topological polar surface area (TPSA) is 75.7 Å². The fraction of sp³-hybridized carbons (Fsp3) is 0.571. The molecular weight excluding hydrogens is 338 g/mol. The van der Waals surface area contributed by atoms with Gasteiger partial charge in [0, 0.05) is 6.04 Å². The molecule has 5 rings (SSSR count). The minimum absolute atomic E-state index is 0.422. The first kappa shape index (κ1) is 16.9. The van der Waals surface area contributed by atoms with E-state index in [1.54, 1.807) is 12.5 Å². The number of aromatic nitrogens is 4. The van der Waals surface area contributed by atoms with Crippen LogP contribution in [0.4, 0.5) is 5.82 Å². The molecular formula is C21H27N5O. The second-order valence-electron chi connectivity index (χ2n) is 8.18. The van der Waals surface area contributed by atoms with Crippen LogP contribution in [-0.2, 0) is 4.74 Å². The van der Waals surface area contributed by atoms with Crippen molar-refractivity contribution in [3.05, 3.63) is 36.8 Å². The molecule has 1 unspecified atom stereocenters. The Labute approximate surface area is 159 Å². The monoisotopic (exact) mass is 365 g/mol. The third kappa shape index (κ3) is 3.76. The first-order chi connectivity index (χ1) is 13.4. The highest BCUT2D eigenvalue weighted by molar-refractivity contribution is 5.85. The van der Waals surface area contributed by atoms with E-state index in [0.717, 1.165) is 66.9 Å². The van der Waals surface area contributed by atoms with Gasteiger partial charge in [-0.15, -0.1) is 0 Å². The van der Waals surface area contributed by atoms with E-state index in [1.807, 2.05) is 0 Å². The molecule has 6 heteroatoms. The van der Waals surface area contributed by atoms with Crippen molar-refractivity contribution in [3.8, 4) is 0 Å². The molecule has 27 heavy (non-hydrogen) atoms. The summed E-state index contributed by atoms with van der Waals surface area (Å²) in [7, 11) is 0. The SMILES string of the molecule is C1=CC[C@@H](C2C[C@@H]2COC2CCC(Nc3ncnc4[nH]ncc34)CC2)C=C1. The van der Waals surface area contributed by atoms with Gasteiger partial charge in [0.05, 0.1) is 24.3 Å². The molecule has 6 nitrogen and oxygen atoms in total. The van der Waals surface area contributed by atoms with Gasteiger partial charge in [0.15, 0.2) is 5.65 Å². The zero-order valence-corrected chi connectivity index (χ0v) is 15.6. The zero-order chi connectivity index (χ0) is 18.1. The van der Waals surface area contributed by atoms with Crippen LogP contribution in [0.3, 0.4) is 0 Å². The summed E-state index contributed by atoms with van der Waals surface area (Å²) in [6, 6.07) is 0.450. The van der Waals surface area contributed by atoms with Gasteiger partial charge in [-0.1, -0.05) is 24.3 Å². The van der Waals surface area contributed by atoms with Gasteiger partial charge in [-0.05, 0) is 56.3 Å². The summed E-state index contributed by atoms with van der Waals surface area (Å²) in [5, 5.41) is 11.5. The van der Waals surface area contributed by atoms with Crippen LogP contribution in [-0.4, -0.2) is 38.9 Å². The second kappa shape index (κ2) is 7.43. The van der Waals surface area contributed by atoms with Gasteiger partial charge >= 0.3 is 0 Å². The van der Waals surface area contributed by atoms with Crippen LogP contribution in [0.25, 0.3) is 11.0 Å². The predicted octanol–water partition coefficient (Wildman–Crippen LogP) is 3.86. The fourth-order valence-electron chi connectivity index (χ4n) is 4.61. The molecule has 0 radical (unpaired) electrons. The lowest BCUT2D eigenvalue weighted by atomic mass is 9.92. The van der Waals surface area contributed by atoms with Crippen LogP contribution in [0.5, 0.6) is 0 Å². The van der Waals surface area contributed by atoms with Crippen LogP contribution in [0.1, 0.15) is 38.5 Å². The largest absolute Gasteiger partial charge is 0.378 e. The summed E-state index contributed by atoms with van der Waals surface area (Å²) in [4.78, 5) is 8.59. The van der Waals surface area contributed by atoms with Gasteiger partial charge in [0.2, 0.25) is 0 Å². The number of rotatable bonds is 6. The number of aromatic amines is 1. The number of hydrogen-bond donors (Lipinski definition) is 2. The summed E-state index contributed by atoms with van der Waals surface area (Å²) in [5.41, 5.74) is 0.784. The molecule has 2 N–H and O–H groups in total. The number of nitrogens with zero attached hydrogens (tertiary/aromatic N) is 3. The summed E-state index contributed by atoms with van der Waals surface area (Å²) < 4.78 is 6.27. The Morgan fingerprint density at radius 3 is 2.93 bits per heavy atom. The van der Waals surface area contributed by atoms with Gasteiger partial charge in [-0.25, -0.2) is 9.97 Å². The van der Waals surface area contributed by atoms with Gasteiger partial charge < -0.3 is 10.1 Å². The molecule has 142 valence electrons. The Kier molecular flexibility index (Phi) is 4.66. The number of H-pyrrole nitrogens is 1. The van der Waals surface area contributed by atoms with Crippen LogP contribution in [0, 0.1) is 17.8 Å². The third-order valence-electron chi connectivity index (χ3n) is 6.35. The maximum Gasteiger partial charge on any atom is 0.160 e. The zero-order valence-electron chi connectivity index (χ0n) is 15.6. The first-order valence-electron chi connectivity index (χ1n) is 10.2. The van der Waals surface area contributed by atoms with Crippen molar-refractivity contribution in [3.63, 3.8) is 0 Å². The van der Waals surface area contributed by atoms with Crippen LogP contribution < -0.4 is 5.32 Å². The highest BCUT2D eigenvalue weighted by atomic mass is 16.5. The lowest BCUT2D eigenvalue weighted by Gasteiger charge is -2.29. The van der Waals surface area contributed by atoms with Gasteiger partial charge in [-0.2, -0.15) is 5.10 Å². The van der Waals surface area contributed by atoms with E-state index in [9.17, 15) is 0 Å². The van der Waals surface area contributed by atoms with Crippen molar-refractivity contribution in [2.75, 3.05) is 11.9 Å². The minimum Gasteiger partial charge on any atom is -0.378 e. The van der Waals surface area contributed by atoms with E-state index in [2.05, 4.69) is 49.8 Å². The predicted molar refractivity (Wildman–Crippen MR) is 105 cm³/mol. The van der Waals surface area contributed by atoms with E-state index in [0.29, 0.717) is 12.1 Å². The Morgan fingerprint density at radius 2 is 2.07 bits per heavy atom. The van der Waals surface area contributed by atoms with E-state index in [4.69, 9.17) is 4.74 Å². The standard InChI is InChI=1S/C21H27N5O/c1-2-4-14(5-3-1)18-10-15(18)12-27-17-8-6-16(7-9-17)25-20-19-11-24-26-21(19)23-13-22-20/h1-4,11,13-18H,5-10,12H2,(H2,22,23,24,25,26)/t14-,15+,16?,17?,18?/m0/s1. The number of hydrogen-bond acceptors (Lipinski definition) is 5.